The molecule has 0 spiro atoms. The van der Waals surface area contributed by atoms with Crippen LogP contribution in [0.4, 0.5) is 4.39 Å². The molecule has 0 heterocycles. The zero-order valence-electron chi connectivity index (χ0n) is 15.0. The van der Waals surface area contributed by atoms with E-state index < -0.39 is 0 Å². The lowest BCUT2D eigenvalue weighted by atomic mass is 10.1. The van der Waals surface area contributed by atoms with Crippen molar-refractivity contribution in [1.82, 2.24) is 5.32 Å². The van der Waals surface area contributed by atoms with Gasteiger partial charge in [0.1, 0.15) is 5.82 Å². The predicted molar refractivity (Wildman–Crippen MR) is 103 cm³/mol. The number of rotatable bonds is 9. The van der Waals surface area contributed by atoms with Crippen molar-refractivity contribution >= 4 is 21.8 Å². The maximum atomic E-state index is 13.7. The van der Waals surface area contributed by atoms with Crippen LogP contribution in [0.1, 0.15) is 25.0 Å². The smallest absolute Gasteiger partial charge is 0.224 e. The molecule has 0 aromatic heterocycles. The fourth-order valence-electron chi connectivity index (χ4n) is 2.51. The third-order valence-electron chi connectivity index (χ3n) is 3.70. The van der Waals surface area contributed by atoms with E-state index in [1.54, 1.807) is 12.1 Å². The zero-order chi connectivity index (χ0) is 18.9. The van der Waals surface area contributed by atoms with E-state index in [9.17, 15) is 9.18 Å². The molecule has 0 unspecified atom stereocenters. The molecule has 2 rings (SSSR count). The van der Waals surface area contributed by atoms with Crippen LogP contribution >= 0.6 is 15.9 Å². The van der Waals surface area contributed by atoms with Crippen LogP contribution in [-0.2, 0) is 17.6 Å². The number of benzene rings is 2. The summed E-state index contributed by atoms with van der Waals surface area (Å²) in [6.45, 7) is 5.44. The van der Waals surface area contributed by atoms with Gasteiger partial charge in [-0.1, -0.05) is 22.0 Å². The summed E-state index contributed by atoms with van der Waals surface area (Å²) in [6, 6.07) is 10.3. The fraction of sp³-hybridized carbons (Fsp3) is 0.350. The molecule has 0 saturated carbocycles. The molecule has 1 N–H and O–H groups in total. The quantitative estimate of drug-likeness (QED) is 0.654. The van der Waals surface area contributed by atoms with Crippen LogP contribution in [-0.4, -0.2) is 25.7 Å². The van der Waals surface area contributed by atoms with Gasteiger partial charge in [0.05, 0.1) is 19.6 Å². The molecule has 6 heteroatoms. The van der Waals surface area contributed by atoms with Gasteiger partial charge in [0.25, 0.3) is 0 Å². The number of nitrogens with one attached hydrogen (secondary N) is 1. The van der Waals surface area contributed by atoms with Gasteiger partial charge in [-0.3, -0.25) is 4.79 Å². The van der Waals surface area contributed by atoms with Crippen molar-refractivity contribution in [1.29, 1.82) is 0 Å². The number of hydrogen-bond acceptors (Lipinski definition) is 3. The Hall–Kier alpha value is -2.08. The Balaban J connectivity index is 1.89. The lowest BCUT2D eigenvalue weighted by Crippen LogP contribution is -2.27. The molecule has 0 aliphatic heterocycles. The first-order chi connectivity index (χ1) is 12.5. The van der Waals surface area contributed by atoms with Crippen molar-refractivity contribution in [2.45, 2.75) is 26.7 Å². The molecule has 0 bridgehead atoms. The summed E-state index contributed by atoms with van der Waals surface area (Å²) in [6.07, 6.45) is 0.665. The average Bonchev–Trinajstić information content (AvgIpc) is 2.61. The van der Waals surface area contributed by atoms with E-state index in [4.69, 9.17) is 9.47 Å². The molecule has 2 aromatic rings. The second kappa shape index (κ2) is 10.2. The molecular weight excluding hydrogens is 401 g/mol. The van der Waals surface area contributed by atoms with Gasteiger partial charge in [0, 0.05) is 11.0 Å². The molecule has 140 valence electrons. The summed E-state index contributed by atoms with van der Waals surface area (Å²) >= 11 is 3.29. The number of amides is 1. The van der Waals surface area contributed by atoms with Crippen LogP contribution in [0.15, 0.2) is 40.9 Å². The van der Waals surface area contributed by atoms with E-state index in [0.717, 1.165) is 10.0 Å². The van der Waals surface area contributed by atoms with Crippen molar-refractivity contribution in [3.05, 3.63) is 57.8 Å². The lowest BCUT2D eigenvalue weighted by molar-refractivity contribution is -0.120. The van der Waals surface area contributed by atoms with E-state index in [1.165, 1.54) is 6.07 Å². The summed E-state index contributed by atoms with van der Waals surface area (Å²) < 4.78 is 25.6. The van der Waals surface area contributed by atoms with Crippen molar-refractivity contribution in [3.63, 3.8) is 0 Å². The Morgan fingerprint density at radius 2 is 1.81 bits per heavy atom. The SMILES string of the molecule is CCOc1ccc(CCNC(=O)Cc2cc(Br)ccc2F)cc1OCC. The van der Waals surface area contributed by atoms with Gasteiger partial charge >= 0.3 is 0 Å². The molecular formula is C20H23BrFNO3. The largest absolute Gasteiger partial charge is 0.490 e. The van der Waals surface area contributed by atoms with Crippen molar-refractivity contribution < 1.29 is 18.7 Å². The minimum atomic E-state index is -0.379. The number of hydrogen-bond donors (Lipinski definition) is 1. The van der Waals surface area contributed by atoms with Gasteiger partial charge in [-0.25, -0.2) is 4.39 Å². The van der Waals surface area contributed by atoms with E-state index >= 15 is 0 Å². The van der Waals surface area contributed by atoms with Crippen molar-refractivity contribution in [3.8, 4) is 11.5 Å². The van der Waals surface area contributed by atoms with Crippen molar-refractivity contribution in [2.75, 3.05) is 19.8 Å². The zero-order valence-corrected chi connectivity index (χ0v) is 16.6. The van der Waals surface area contributed by atoms with Crippen LogP contribution in [0, 0.1) is 5.82 Å². The molecule has 0 saturated heterocycles. The van der Waals surface area contributed by atoms with Crippen LogP contribution in [0.25, 0.3) is 0 Å². The van der Waals surface area contributed by atoms with Crippen LogP contribution in [0.3, 0.4) is 0 Å². The van der Waals surface area contributed by atoms with Gasteiger partial charge in [0.2, 0.25) is 5.91 Å². The summed E-state index contributed by atoms with van der Waals surface area (Å²) in [5.41, 5.74) is 1.41. The Morgan fingerprint density at radius 1 is 1.08 bits per heavy atom. The first kappa shape index (κ1) is 20.2. The fourth-order valence-corrected chi connectivity index (χ4v) is 2.92. The highest BCUT2D eigenvalue weighted by atomic mass is 79.9. The topological polar surface area (TPSA) is 47.6 Å². The minimum Gasteiger partial charge on any atom is -0.490 e. The molecule has 2 aromatic carbocycles. The molecule has 0 radical (unpaired) electrons. The first-order valence-electron chi connectivity index (χ1n) is 8.62. The van der Waals surface area contributed by atoms with E-state index in [-0.39, 0.29) is 18.1 Å². The van der Waals surface area contributed by atoms with Crippen LogP contribution in [0.5, 0.6) is 11.5 Å². The number of carbonyl (C=O) groups is 1. The third kappa shape index (κ3) is 6.02. The van der Waals surface area contributed by atoms with E-state index in [0.29, 0.717) is 43.2 Å². The molecule has 26 heavy (non-hydrogen) atoms. The van der Waals surface area contributed by atoms with Crippen LogP contribution < -0.4 is 14.8 Å². The monoisotopic (exact) mass is 423 g/mol. The second-order valence-electron chi connectivity index (χ2n) is 5.66. The third-order valence-corrected chi connectivity index (χ3v) is 4.20. The van der Waals surface area contributed by atoms with Crippen molar-refractivity contribution in [2.24, 2.45) is 0 Å². The molecule has 1 amide bonds. The van der Waals surface area contributed by atoms with Crippen LogP contribution in [0.2, 0.25) is 0 Å². The highest BCUT2D eigenvalue weighted by molar-refractivity contribution is 9.10. The molecule has 0 atom stereocenters. The number of carbonyl (C=O) groups excluding carboxylic acids is 1. The molecule has 0 aliphatic carbocycles. The summed E-state index contributed by atoms with van der Waals surface area (Å²) in [5.74, 6) is 0.829. The number of halogens is 2. The van der Waals surface area contributed by atoms with Gasteiger partial charge < -0.3 is 14.8 Å². The minimum absolute atomic E-state index is 0.0126. The van der Waals surface area contributed by atoms with Gasteiger partial charge in [-0.2, -0.15) is 0 Å². The Bertz CT molecular complexity index is 752. The maximum absolute atomic E-state index is 13.7. The highest BCUT2D eigenvalue weighted by Crippen LogP contribution is 2.28. The lowest BCUT2D eigenvalue weighted by Gasteiger charge is -2.12. The molecule has 0 aliphatic rings. The predicted octanol–water partition coefficient (Wildman–Crippen LogP) is 4.29. The van der Waals surface area contributed by atoms with E-state index in [1.807, 2.05) is 32.0 Å². The van der Waals surface area contributed by atoms with Gasteiger partial charge in [-0.05, 0) is 61.7 Å². The summed E-state index contributed by atoms with van der Waals surface area (Å²) in [7, 11) is 0. The normalized spacial score (nSPS) is 10.5. The standard InChI is InChI=1S/C20H23BrFNO3/c1-3-25-18-8-5-14(11-19(18)26-4-2)9-10-23-20(24)13-15-12-16(21)6-7-17(15)22/h5-8,11-12H,3-4,9-10,13H2,1-2H3,(H,23,24). The number of ether oxygens (including phenoxy) is 2. The van der Waals surface area contributed by atoms with Gasteiger partial charge in [0.15, 0.2) is 11.5 Å². The highest BCUT2D eigenvalue weighted by Gasteiger charge is 2.10. The first-order valence-corrected chi connectivity index (χ1v) is 9.42. The Morgan fingerprint density at radius 3 is 2.54 bits per heavy atom. The summed E-state index contributed by atoms with van der Waals surface area (Å²) in [4.78, 5) is 12.0. The summed E-state index contributed by atoms with van der Waals surface area (Å²) in [5, 5.41) is 2.82. The average molecular weight is 424 g/mol. The Kier molecular flexibility index (Phi) is 7.91. The maximum Gasteiger partial charge on any atom is 0.224 e. The van der Waals surface area contributed by atoms with Gasteiger partial charge in [-0.15, -0.1) is 0 Å². The molecule has 0 fully saturated rings. The second-order valence-corrected chi connectivity index (χ2v) is 6.58. The van der Waals surface area contributed by atoms with E-state index in [2.05, 4.69) is 21.2 Å². The molecule has 4 nitrogen and oxygen atoms in total. The Labute approximate surface area is 161 Å².